The van der Waals surface area contributed by atoms with Crippen LogP contribution in [0, 0.1) is 13.8 Å². The second-order valence-electron chi connectivity index (χ2n) is 4.60. The second-order valence-corrected chi connectivity index (χ2v) is 6.43. The van der Waals surface area contributed by atoms with Crippen molar-refractivity contribution in [1.82, 2.24) is 9.46 Å². The Morgan fingerprint density at radius 1 is 1.44 bits per heavy atom. The van der Waals surface area contributed by atoms with Crippen LogP contribution >= 0.6 is 0 Å². The summed E-state index contributed by atoms with van der Waals surface area (Å²) in [5.41, 5.74) is 0.370. The lowest BCUT2D eigenvalue weighted by atomic mass is 10.1. The lowest BCUT2D eigenvalue weighted by molar-refractivity contribution is 0.155. The number of aryl methyl sites for hydroxylation is 2. The van der Waals surface area contributed by atoms with Gasteiger partial charge in [-0.25, -0.2) is 8.42 Å². The molecule has 1 atom stereocenters. The van der Waals surface area contributed by atoms with Gasteiger partial charge in [-0.1, -0.05) is 11.6 Å². The molecule has 1 saturated heterocycles. The number of aromatic nitrogens is 1. The first-order valence-corrected chi connectivity index (χ1v) is 7.48. The summed E-state index contributed by atoms with van der Waals surface area (Å²) < 4.78 is 31.4. The predicted molar refractivity (Wildman–Crippen MR) is 64.6 cm³/mol. The first-order valence-electron chi connectivity index (χ1n) is 6.04. The normalized spacial score (nSPS) is 22.3. The van der Waals surface area contributed by atoms with Crippen molar-refractivity contribution < 1.29 is 18.0 Å². The van der Waals surface area contributed by atoms with E-state index in [-0.39, 0.29) is 17.5 Å². The molecule has 2 heterocycles. The van der Waals surface area contributed by atoms with Crippen LogP contribution in [0.5, 0.6) is 0 Å². The zero-order valence-corrected chi connectivity index (χ0v) is 11.4. The Balaban J connectivity index is 2.41. The van der Waals surface area contributed by atoms with Crippen molar-refractivity contribution in [2.45, 2.75) is 44.0 Å². The summed E-state index contributed by atoms with van der Waals surface area (Å²) >= 11 is 0. The molecule has 1 aliphatic heterocycles. The van der Waals surface area contributed by atoms with Crippen LogP contribution in [0.3, 0.4) is 0 Å². The molecule has 1 fully saturated rings. The summed E-state index contributed by atoms with van der Waals surface area (Å²) in [6, 6.07) is -0.336. The molecule has 0 aromatic carbocycles. The largest absolute Gasteiger partial charge is 0.395 e. The van der Waals surface area contributed by atoms with Crippen LogP contribution in [0.4, 0.5) is 0 Å². The van der Waals surface area contributed by atoms with Crippen LogP contribution in [0.2, 0.25) is 0 Å². The van der Waals surface area contributed by atoms with Crippen molar-refractivity contribution >= 4 is 10.0 Å². The molecule has 0 bridgehead atoms. The molecule has 1 aromatic heterocycles. The summed E-state index contributed by atoms with van der Waals surface area (Å²) in [5.74, 6) is 0.301. The summed E-state index contributed by atoms with van der Waals surface area (Å²) in [7, 11) is -3.62. The van der Waals surface area contributed by atoms with Gasteiger partial charge in [0.1, 0.15) is 10.6 Å². The Kier molecular flexibility index (Phi) is 3.74. The van der Waals surface area contributed by atoms with Crippen molar-refractivity contribution in [1.29, 1.82) is 0 Å². The number of hydrogen-bond donors (Lipinski definition) is 1. The van der Waals surface area contributed by atoms with E-state index >= 15 is 0 Å². The average molecular weight is 274 g/mol. The molecule has 7 heteroatoms. The molecule has 0 aliphatic carbocycles. The van der Waals surface area contributed by atoms with Crippen LogP contribution in [0.1, 0.15) is 30.7 Å². The summed E-state index contributed by atoms with van der Waals surface area (Å²) in [4.78, 5) is 0.142. The number of aliphatic hydroxyl groups is 1. The number of rotatable bonds is 3. The molecule has 2 rings (SSSR count). The maximum Gasteiger partial charge on any atom is 0.248 e. The lowest BCUT2D eigenvalue weighted by Gasteiger charge is -2.33. The van der Waals surface area contributed by atoms with Crippen LogP contribution in [0.15, 0.2) is 9.42 Å². The zero-order valence-electron chi connectivity index (χ0n) is 10.6. The highest BCUT2D eigenvalue weighted by molar-refractivity contribution is 7.89. The van der Waals surface area contributed by atoms with E-state index in [4.69, 9.17) is 4.52 Å². The van der Waals surface area contributed by atoms with Gasteiger partial charge in [-0.15, -0.1) is 0 Å². The minimum atomic E-state index is -3.62. The molecular weight excluding hydrogens is 256 g/mol. The van der Waals surface area contributed by atoms with E-state index in [9.17, 15) is 13.5 Å². The van der Waals surface area contributed by atoms with Crippen molar-refractivity contribution in [3.05, 3.63) is 11.5 Å². The fraction of sp³-hybridized carbons (Fsp3) is 0.727. The minimum absolute atomic E-state index is 0.142. The molecule has 102 valence electrons. The number of nitrogens with zero attached hydrogens (tertiary/aromatic N) is 2. The maximum atomic E-state index is 12.6. The Morgan fingerprint density at radius 3 is 2.72 bits per heavy atom. The van der Waals surface area contributed by atoms with Crippen LogP contribution in [-0.2, 0) is 10.0 Å². The maximum absolute atomic E-state index is 12.6. The molecule has 0 radical (unpaired) electrons. The third-order valence-corrected chi connectivity index (χ3v) is 5.52. The Hall–Kier alpha value is -0.920. The third kappa shape index (κ3) is 2.17. The van der Waals surface area contributed by atoms with Crippen molar-refractivity contribution in [3.63, 3.8) is 0 Å². The monoisotopic (exact) mass is 274 g/mol. The van der Waals surface area contributed by atoms with Crippen molar-refractivity contribution in [2.24, 2.45) is 0 Å². The number of sulfonamides is 1. The van der Waals surface area contributed by atoms with E-state index in [0.717, 1.165) is 12.8 Å². The molecule has 0 amide bonds. The SMILES string of the molecule is Cc1noc(C)c1S(=O)(=O)N1CCCCC1CO. The van der Waals surface area contributed by atoms with Crippen LogP contribution in [0.25, 0.3) is 0 Å². The van der Waals surface area contributed by atoms with Gasteiger partial charge in [0.15, 0.2) is 5.76 Å². The van der Waals surface area contributed by atoms with Gasteiger partial charge in [0.2, 0.25) is 10.0 Å². The Labute approximate surface area is 107 Å². The van der Waals surface area contributed by atoms with E-state index in [1.54, 1.807) is 13.8 Å². The summed E-state index contributed by atoms with van der Waals surface area (Å²) in [6.45, 7) is 3.49. The average Bonchev–Trinajstić information content (AvgIpc) is 2.69. The number of piperidine rings is 1. The van der Waals surface area contributed by atoms with Gasteiger partial charge < -0.3 is 9.63 Å². The highest BCUT2D eigenvalue weighted by atomic mass is 32.2. The van der Waals surface area contributed by atoms with E-state index in [2.05, 4.69) is 5.16 Å². The van der Waals surface area contributed by atoms with Gasteiger partial charge >= 0.3 is 0 Å². The van der Waals surface area contributed by atoms with Gasteiger partial charge in [-0.05, 0) is 26.7 Å². The Bertz CT molecular complexity index is 504. The molecular formula is C11H18N2O4S. The molecule has 1 aliphatic rings. The Morgan fingerprint density at radius 2 is 2.17 bits per heavy atom. The van der Waals surface area contributed by atoms with Crippen molar-refractivity contribution in [2.75, 3.05) is 13.2 Å². The molecule has 1 aromatic rings. The number of aliphatic hydroxyl groups excluding tert-OH is 1. The topological polar surface area (TPSA) is 83.6 Å². The second kappa shape index (κ2) is 4.99. The van der Waals surface area contributed by atoms with E-state index in [1.165, 1.54) is 4.31 Å². The predicted octanol–water partition coefficient (Wildman–Crippen LogP) is 0.827. The molecule has 6 nitrogen and oxygen atoms in total. The molecule has 1 N–H and O–H groups in total. The quantitative estimate of drug-likeness (QED) is 0.882. The smallest absolute Gasteiger partial charge is 0.248 e. The fourth-order valence-electron chi connectivity index (χ4n) is 2.43. The summed E-state index contributed by atoms with van der Waals surface area (Å²) in [5, 5.41) is 13.0. The highest BCUT2D eigenvalue weighted by Gasteiger charge is 2.36. The van der Waals surface area contributed by atoms with Gasteiger partial charge in [0, 0.05) is 12.6 Å². The van der Waals surface area contributed by atoms with Gasteiger partial charge in [-0.3, -0.25) is 0 Å². The molecule has 1 unspecified atom stereocenters. The lowest BCUT2D eigenvalue weighted by Crippen LogP contribution is -2.45. The van der Waals surface area contributed by atoms with Crippen molar-refractivity contribution in [3.8, 4) is 0 Å². The molecule has 0 saturated carbocycles. The standard InChI is InChI=1S/C11H18N2O4S/c1-8-11(9(2)17-12-8)18(15,16)13-6-4-3-5-10(13)7-14/h10,14H,3-7H2,1-2H3. The van der Waals surface area contributed by atoms with Gasteiger partial charge in [-0.2, -0.15) is 4.31 Å². The molecule has 18 heavy (non-hydrogen) atoms. The third-order valence-electron chi connectivity index (χ3n) is 3.32. The van der Waals surface area contributed by atoms with E-state index in [0.29, 0.717) is 24.4 Å². The van der Waals surface area contributed by atoms with E-state index < -0.39 is 10.0 Å². The van der Waals surface area contributed by atoms with E-state index in [1.807, 2.05) is 0 Å². The van der Waals surface area contributed by atoms with Crippen LogP contribution < -0.4 is 0 Å². The first-order chi connectivity index (χ1) is 8.48. The molecule has 0 spiro atoms. The summed E-state index contributed by atoms with van der Waals surface area (Å²) in [6.07, 6.45) is 2.46. The highest BCUT2D eigenvalue weighted by Crippen LogP contribution is 2.28. The van der Waals surface area contributed by atoms with Gasteiger partial charge in [0.05, 0.1) is 6.61 Å². The van der Waals surface area contributed by atoms with Crippen LogP contribution in [-0.4, -0.2) is 42.2 Å². The number of hydrogen-bond acceptors (Lipinski definition) is 5. The first kappa shape index (κ1) is 13.5. The minimum Gasteiger partial charge on any atom is -0.395 e. The fourth-order valence-corrected chi connectivity index (χ4v) is 4.41. The van der Waals surface area contributed by atoms with Gasteiger partial charge in [0.25, 0.3) is 0 Å². The zero-order chi connectivity index (χ0) is 13.3.